The third kappa shape index (κ3) is 3.54. The lowest BCUT2D eigenvalue weighted by molar-refractivity contribution is 0.140. The van der Waals surface area contributed by atoms with Gasteiger partial charge in [-0.2, -0.15) is 5.10 Å². The summed E-state index contributed by atoms with van der Waals surface area (Å²) in [5, 5.41) is 11.0. The van der Waals surface area contributed by atoms with Crippen LogP contribution in [0.25, 0.3) is 0 Å². The summed E-state index contributed by atoms with van der Waals surface area (Å²) in [4.78, 5) is 2.66. The minimum atomic E-state index is 0. The van der Waals surface area contributed by atoms with E-state index in [1.807, 2.05) is 0 Å². The molecule has 2 atom stereocenters. The number of H-pyrrole nitrogens is 1. The highest BCUT2D eigenvalue weighted by Crippen LogP contribution is 2.31. The number of piperidine rings is 1. The van der Waals surface area contributed by atoms with Crippen LogP contribution in [0.15, 0.2) is 6.07 Å². The Bertz CT molecular complexity index is 425. The average molecular weight is 299 g/mol. The summed E-state index contributed by atoms with van der Waals surface area (Å²) >= 11 is 0. The predicted molar refractivity (Wildman–Crippen MR) is 84.6 cm³/mol. The number of rotatable bonds is 3. The Morgan fingerprint density at radius 1 is 1.50 bits per heavy atom. The van der Waals surface area contributed by atoms with Gasteiger partial charge in [-0.1, -0.05) is 6.92 Å². The number of halogens is 1. The molecule has 114 valence electrons. The number of nitrogens with zero attached hydrogens (tertiary/aromatic N) is 2. The molecule has 0 bridgehead atoms. The van der Waals surface area contributed by atoms with Crippen LogP contribution in [-0.4, -0.2) is 47.8 Å². The van der Waals surface area contributed by atoms with Gasteiger partial charge in [-0.05, 0) is 50.8 Å². The molecule has 2 fully saturated rings. The molecular weight excluding hydrogens is 272 g/mol. The predicted octanol–water partition coefficient (Wildman–Crippen LogP) is 2.32. The average Bonchev–Trinajstić information content (AvgIpc) is 2.99. The van der Waals surface area contributed by atoms with Gasteiger partial charge in [0.2, 0.25) is 0 Å². The van der Waals surface area contributed by atoms with Gasteiger partial charge in [-0.3, -0.25) is 5.10 Å². The maximum absolute atomic E-state index is 4.46. The molecule has 0 saturated carbocycles. The first kappa shape index (κ1) is 15.8. The maximum atomic E-state index is 4.46. The van der Waals surface area contributed by atoms with E-state index in [-0.39, 0.29) is 12.4 Å². The Morgan fingerprint density at radius 2 is 2.35 bits per heavy atom. The smallest absolute Gasteiger partial charge is 0.0668 e. The van der Waals surface area contributed by atoms with Crippen LogP contribution in [0.3, 0.4) is 0 Å². The molecule has 20 heavy (non-hydrogen) atoms. The lowest BCUT2D eigenvalue weighted by atomic mass is 9.87. The van der Waals surface area contributed by atoms with Gasteiger partial charge < -0.3 is 10.2 Å². The van der Waals surface area contributed by atoms with Crippen molar-refractivity contribution in [2.24, 2.45) is 5.41 Å². The molecule has 1 aromatic rings. The molecule has 2 N–H and O–H groups in total. The van der Waals surface area contributed by atoms with Crippen molar-refractivity contribution in [1.82, 2.24) is 20.4 Å². The van der Waals surface area contributed by atoms with Crippen molar-refractivity contribution in [3.63, 3.8) is 0 Å². The molecule has 3 rings (SSSR count). The fourth-order valence-corrected chi connectivity index (χ4v) is 3.63. The van der Waals surface area contributed by atoms with Gasteiger partial charge in [0, 0.05) is 31.2 Å². The Labute approximate surface area is 128 Å². The minimum absolute atomic E-state index is 0. The van der Waals surface area contributed by atoms with Crippen molar-refractivity contribution in [3.05, 3.63) is 17.5 Å². The van der Waals surface area contributed by atoms with E-state index in [0.29, 0.717) is 11.3 Å². The zero-order valence-corrected chi connectivity index (χ0v) is 13.4. The zero-order valence-electron chi connectivity index (χ0n) is 12.6. The summed E-state index contributed by atoms with van der Waals surface area (Å²) in [5.74, 6) is 0.622. The Morgan fingerprint density at radius 3 is 3.00 bits per heavy atom. The lowest BCUT2D eigenvalue weighted by Gasteiger charge is -2.37. The Balaban J connectivity index is 0.00000147. The molecule has 4 nitrogen and oxygen atoms in total. The van der Waals surface area contributed by atoms with Crippen LogP contribution in [-0.2, 0) is 0 Å². The van der Waals surface area contributed by atoms with Crippen molar-refractivity contribution in [1.29, 1.82) is 0 Å². The van der Waals surface area contributed by atoms with Crippen LogP contribution >= 0.6 is 12.4 Å². The molecule has 3 heterocycles. The molecule has 0 amide bonds. The largest absolute Gasteiger partial charge is 0.316 e. The third-order valence-corrected chi connectivity index (χ3v) is 4.71. The third-order valence-electron chi connectivity index (χ3n) is 4.71. The van der Waals surface area contributed by atoms with Gasteiger partial charge in [-0.25, -0.2) is 0 Å². The highest BCUT2D eigenvalue weighted by molar-refractivity contribution is 5.85. The van der Waals surface area contributed by atoms with Gasteiger partial charge in [0.25, 0.3) is 0 Å². The SMILES string of the molecule is Cc1cc(C2CCCN(CC3(C)CCNC3)C2)n[nH]1.Cl. The summed E-state index contributed by atoms with van der Waals surface area (Å²) in [7, 11) is 0. The number of aryl methyl sites for hydroxylation is 1. The monoisotopic (exact) mass is 298 g/mol. The van der Waals surface area contributed by atoms with Crippen molar-refractivity contribution in [2.45, 2.75) is 39.0 Å². The second-order valence-corrected chi connectivity index (χ2v) is 6.79. The van der Waals surface area contributed by atoms with Crippen LogP contribution < -0.4 is 5.32 Å². The van der Waals surface area contributed by atoms with E-state index in [1.165, 1.54) is 63.4 Å². The van der Waals surface area contributed by atoms with E-state index in [4.69, 9.17) is 0 Å². The van der Waals surface area contributed by atoms with Crippen molar-refractivity contribution < 1.29 is 0 Å². The highest BCUT2D eigenvalue weighted by Gasteiger charge is 2.33. The summed E-state index contributed by atoms with van der Waals surface area (Å²) in [6.45, 7) is 10.6. The second kappa shape index (κ2) is 6.46. The van der Waals surface area contributed by atoms with Crippen LogP contribution in [0.2, 0.25) is 0 Å². The number of hydrogen-bond donors (Lipinski definition) is 2. The second-order valence-electron chi connectivity index (χ2n) is 6.79. The molecule has 2 aliphatic heterocycles. The molecule has 0 aromatic carbocycles. The number of aromatic nitrogens is 2. The maximum Gasteiger partial charge on any atom is 0.0668 e. The van der Waals surface area contributed by atoms with E-state index < -0.39 is 0 Å². The van der Waals surface area contributed by atoms with Crippen LogP contribution in [0.1, 0.15) is 43.5 Å². The number of hydrogen-bond acceptors (Lipinski definition) is 3. The van der Waals surface area contributed by atoms with Gasteiger partial charge >= 0.3 is 0 Å². The van der Waals surface area contributed by atoms with Gasteiger partial charge in [0.15, 0.2) is 0 Å². The number of aromatic amines is 1. The van der Waals surface area contributed by atoms with Gasteiger partial charge in [0.1, 0.15) is 0 Å². The Kier molecular flexibility index (Phi) is 5.10. The van der Waals surface area contributed by atoms with E-state index >= 15 is 0 Å². The standard InChI is InChI=1S/C15H26N4.ClH/c1-12-8-14(18-17-12)13-4-3-7-19(9-13)11-15(2)5-6-16-10-15;/h8,13,16H,3-7,9-11H2,1-2H3,(H,17,18);1H. The molecule has 0 radical (unpaired) electrons. The minimum Gasteiger partial charge on any atom is -0.316 e. The first-order chi connectivity index (χ1) is 9.15. The van der Waals surface area contributed by atoms with Crippen molar-refractivity contribution in [3.8, 4) is 0 Å². The van der Waals surface area contributed by atoms with E-state index in [0.717, 1.165) is 0 Å². The highest BCUT2D eigenvalue weighted by atomic mass is 35.5. The summed E-state index contributed by atoms with van der Waals surface area (Å²) < 4.78 is 0. The van der Waals surface area contributed by atoms with E-state index in [9.17, 15) is 0 Å². The normalized spacial score (nSPS) is 31.2. The summed E-state index contributed by atoms with van der Waals surface area (Å²) in [6.07, 6.45) is 3.91. The molecule has 5 heteroatoms. The molecule has 0 aliphatic carbocycles. The zero-order chi connectivity index (χ0) is 13.3. The fourth-order valence-electron chi connectivity index (χ4n) is 3.63. The van der Waals surface area contributed by atoms with Crippen LogP contribution in [0, 0.1) is 12.3 Å². The van der Waals surface area contributed by atoms with Crippen molar-refractivity contribution in [2.75, 3.05) is 32.7 Å². The van der Waals surface area contributed by atoms with Gasteiger partial charge in [0.05, 0.1) is 5.69 Å². The number of nitrogens with one attached hydrogen (secondary N) is 2. The fraction of sp³-hybridized carbons (Fsp3) is 0.800. The van der Waals surface area contributed by atoms with E-state index in [1.54, 1.807) is 0 Å². The Hall–Kier alpha value is -0.580. The molecule has 2 aliphatic rings. The topological polar surface area (TPSA) is 44.0 Å². The summed E-state index contributed by atoms with van der Waals surface area (Å²) in [6, 6.07) is 2.22. The van der Waals surface area contributed by atoms with Crippen LogP contribution in [0.4, 0.5) is 0 Å². The van der Waals surface area contributed by atoms with Crippen LogP contribution in [0.5, 0.6) is 0 Å². The van der Waals surface area contributed by atoms with E-state index in [2.05, 4.69) is 40.3 Å². The molecule has 0 spiro atoms. The first-order valence-electron chi connectivity index (χ1n) is 7.60. The molecule has 1 aromatic heterocycles. The van der Waals surface area contributed by atoms with Crippen molar-refractivity contribution >= 4 is 12.4 Å². The summed E-state index contributed by atoms with van der Waals surface area (Å²) in [5.41, 5.74) is 2.92. The molecule has 2 saturated heterocycles. The number of likely N-dealkylation sites (tertiary alicyclic amines) is 1. The lowest BCUT2D eigenvalue weighted by Crippen LogP contribution is -2.42. The quantitative estimate of drug-likeness (QED) is 0.900. The molecule has 2 unspecified atom stereocenters. The van der Waals surface area contributed by atoms with Gasteiger partial charge in [-0.15, -0.1) is 12.4 Å². The molecular formula is C15H27ClN4. The first-order valence-corrected chi connectivity index (χ1v) is 7.60.